The number of nitrogens with zero attached hydrogens (tertiary/aromatic N) is 1. The first kappa shape index (κ1) is 23.5. The Labute approximate surface area is 199 Å². The molecule has 0 atom stereocenters. The van der Waals surface area contributed by atoms with Crippen molar-refractivity contribution in [3.8, 4) is 0 Å². The van der Waals surface area contributed by atoms with Crippen LogP contribution in [0.5, 0.6) is 0 Å². The van der Waals surface area contributed by atoms with Gasteiger partial charge in [0.05, 0.1) is 4.90 Å². The Kier molecular flexibility index (Phi) is 7.01. The Morgan fingerprint density at radius 1 is 0.735 bits per heavy atom. The second kappa shape index (κ2) is 10.1. The van der Waals surface area contributed by atoms with Crippen LogP contribution in [0, 0.1) is 12.7 Å². The molecule has 0 N–H and O–H groups in total. The third-order valence-electron chi connectivity index (χ3n) is 5.59. The third kappa shape index (κ3) is 5.30. The number of halogens is 1. The summed E-state index contributed by atoms with van der Waals surface area (Å²) in [5.74, 6) is -0.823. The Morgan fingerprint density at radius 2 is 1.24 bits per heavy atom. The first-order valence-electron chi connectivity index (χ1n) is 10.8. The summed E-state index contributed by atoms with van der Waals surface area (Å²) >= 11 is 0. The number of hydrogen-bond donors (Lipinski definition) is 0. The van der Waals surface area contributed by atoms with Crippen molar-refractivity contribution in [1.29, 1.82) is 0 Å². The fourth-order valence-corrected chi connectivity index (χ4v) is 5.04. The number of ketones is 1. The highest BCUT2D eigenvalue weighted by molar-refractivity contribution is 7.89. The van der Waals surface area contributed by atoms with Gasteiger partial charge in [-0.1, -0.05) is 72.8 Å². The number of sulfonamides is 1. The molecule has 4 nitrogen and oxygen atoms in total. The summed E-state index contributed by atoms with van der Waals surface area (Å²) in [6, 6.07) is 28.9. The molecule has 0 unspecified atom stereocenters. The minimum Gasteiger partial charge on any atom is -0.289 e. The van der Waals surface area contributed by atoms with Crippen molar-refractivity contribution in [2.75, 3.05) is 0 Å². The molecule has 0 spiro atoms. The normalized spacial score (nSPS) is 11.5. The second-order valence-electron chi connectivity index (χ2n) is 8.06. The van der Waals surface area contributed by atoms with Gasteiger partial charge in [-0.05, 0) is 53.9 Å². The van der Waals surface area contributed by atoms with Crippen LogP contribution in [0.4, 0.5) is 4.39 Å². The second-order valence-corrected chi connectivity index (χ2v) is 10.00. The molecular formula is C28H24FNO3S. The molecule has 6 heteroatoms. The van der Waals surface area contributed by atoms with Crippen LogP contribution in [-0.4, -0.2) is 18.5 Å². The van der Waals surface area contributed by atoms with Crippen molar-refractivity contribution in [1.82, 2.24) is 4.31 Å². The molecule has 0 bridgehead atoms. The Balaban J connectivity index is 1.62. The van der Waals surface area contributed by atoms with Crippen LogP contribution in [0.3, 0.4) is 0 Å². The highest BCUT2D eigenvalue weighted by atomic mass is 32.2. The maximum atomic E-state index is 13.9. The SMILES string of the molecule is Cc1ccc(C(=O)c2ccc(S(=O)(=O)N(Cc3ccccc3)Cc3ccccc3)cc2)cc1F. The highest BCUT2D eigenvalue weighted by Gasteiger charge is 2.25. The van der Waals surface area contributed by atoms with Gasteiger partial charge in [0.1, 0.15) is 5.82 Å². The zero-order valence-corrected chi connectivity index (χ0v) is 19.5. The van der Waals surface area contributed by atoms with Crippen molar-refractivity contribution >= 4 is 15.8 Å². The monoisotopic (exact) mass is 473 g/mol. The summed E-state index contributed by atoms with van der Waals surface area (Å²) in [5, 5.41) is 0. The molecule has 0 saturated carbocycles. The summed E-state index contributed by atoms with van der Waals surface area (Å²) in [7, 11) is -3.85. The fourth-order valence-electron chi connectivity index (χ4n) is 3.63. The maximum Gasteiger partial charge on any atom is 0.243 e. The molecule has 4 aromatic carbocycles. The average molecular weight is 474 g/mol. The van der Waals surface area contributed by atoms with E-state index in [2.05, 4.69) is 0 Å². The summed E-state index contributed by atoms with van der Waals surface area (Å²) in [4.78, 5) is 12.8. The third-order valence-corrected chi connectivity index (χ3v) is 7.40. The average Bonchev–Trinajstić information content (AvgIpc) is 2.86. The fraction of sp³-hybridized carbons (Fsp3) is 0.107. The number of benzene rings is 4. The molecule has 0 radical (unpaired) electrons. The quantitative estimate of drug-likeness (QED) is 0.306. The van der Waals surface area contributed by atoms with Crippen molar-refractivity contribution in [2.24, 2.45) is 0 Å². The van der Waals surface area contributed by atoms with E-state index in [1.54, 1.807) is 19.1 Å². The molecule has 0 amide bonds. The van der Waals surface area contributed by atoms with Gasteiger partial charge in [-0.15, -0.1) is 0 Å². The van der Waals surface area contributed by atoms with Gasteiger partial charge < -0.3 is 0 Å². The number of carbonyl (C=O) groups is 1. The molecule has 0 aromatic heterocycles. The number of rotatable bonds is 8. The van der Waals surface area contributed by atoms with E-state index in [1.807, 2.05) is 60.7 Å². The molecule has 0 heterocycles. The van der Waals surface area contributed by atoms with Crippen LogP contribution in [0.15, 0.2) is 108 Å². The van der Waals surface area contributed by atoms with Crippen molar-refractivity contribution in [3.63, 3.8) is 0 Å². The van der Waals surface area contributed by atoms with Crippen LogP contribution in [0.2, 0.25) is 0 Å². The topological polar surface area (TPSA) is 54.5 Å². The zero-order valence-electron chi connectivity index (χ0n) is 18.7. The smallest absolute Gasteiger partial charge is 0.243 e. The molecule has 0 aliphatic rings. The molecule has 34 heavy (non-hydrogen) atoms. The Morgan fingerprint density at radius 3 is 1.74 bits per heavy atom. The van der Waals surface area contributed by atoms with Gasteiger partial charge in [0.25, 0.3) is 0 Å². The van der Waals surface area contributed by atoms with E-state index in [0.29, 0.717) is 11.1 Å². The van der Waals surface area contributed by atoms with Gasteiger partial charge >= 0.3 is 0 Å². The summed E-state index contributed by atoms with van der Waals surface area (Å²) in [5.41, 5.74) is 2.70. The van der Waals surface area contributed by atoms with Crippen LogP contribution >= 0.6 is 0 Å². The highest BCUT2D eigenvalue weighted by Crippen LogP contribution is 2.23. The first-order valence-corrected chi connectivity index (χ1v) is 12.3. The van der Waals surface area contributed by atoms with Crippen LogP contribution in [0.25, 0.3) is 0 Å². The van der Waals surface area contributed by atoms with E-state index in [9.17, 15) is 17.6 Å². The molecule has 0 saturated heterocycles. The first-order chi connectivity index (χ1) is 16.3. The minimum absolute atomic E-state index is 0.0889. The maximum absolute atomic E-state index is 13.9. The number of carbonyl (C=O) groups excluding carboxylic acids is 1. The van der Waals surface area contributed by atoms with Crippen molar-refractivity contribution < 1.29 is 17.6 Å². The van der Waals surface area contributed by atoms with Crippen LogP contribution < -0.4 is 0 Å². The van der Waals surface area contributed by atoms with E-state index in [-0.39, 0.29) is 29.3 Å². The summed E-state index contributed by atoms with van der Waals surface area (Å²) in [6.45, 7) is 2.04. The van der Waals surface area contributed by atoms with Gasteiger partial charge in [0.2, 0.25) is 10.0 Å². The largest absolute Gasteiger partial charge is 0.289 e. The predicted octanol–water partition coefficient (Wildman–Crippen LogP) is 5.76. The van der Waals surface area contributed by atoms with E-state index >= 15 is 0 Å². The predicted molar refractivity (Wildman–Crippen MR) is 130 cm³/mol. The molecule has 4 rings (SSSR count). The molecule has 0 fully saturated rings. The number of aryl methyl sites for hydroxylation is 1. The molecule has 0 aliphatic carbocycles. The lowest BCUT2D eigenvalue weighted by atomic mass is 10.0. The van der Waals surface area contributed by atoms with Gasteiger partial charge in [0, 0.05) is 24.2 Å². The molecule has 172 valence electrons. The Hall–Kier alpha value is -3.61. The molecule has 0 aliphatic heterocycles. The van der Waals surface area contributed by atoms with Crippen LogP contribution in [-0.2, 0) is 23.1 Å². The lowest BCUT2D eigenvalue weighted by molar-refractivity contribution is 0.103. The minimum atomic E-state index is -3.85. The van der Waals surface area contributed by atoms with E-state index in [4.69, 9.17) is 0 Å². The zero-order chi connectivity index (χ0) is 24.1. The van der Waals surface area contributed by atoms with Gasteiger partial charge in [-0.25, -0.2) is 12.8 Å². The summed E-state index contributed by atoms with van der Waals surface area (Å²) in [6.07, 6.45) is 0. The summed E-state index contributed by atoms with van der Waals surface area (Å²) < 4.78 is 42.4. The van der Waals surface area contributed by atoms with Gasteiger partial charge in [0.15, 0.2) is 5.78 Å². The Bertz CT molecular complexity index is 1350. The standard InChI is InChI=1S/C28H24FNO3S/c1-21-12-13-25(18-27(21)29)28(31)24-14-16-26(17-15-24)34(32,33)30(19-22-8-4-2-5-9-22)20-23-10-6-3-7-11-23/h2-18H,19-20H2,1H3. The van der Waals surface area contributed by atoms with E-state index in [0.717, 1.165) is 11.1 Å². The van der Waals surface area contributed by atoms with Crippen LogP contribution in [0.1, 0.15) is 32.6 Å². The van der Waals surface area contributed by atoms with E-state index in [1.165, 1.54) is 34.6 Å². The lowest BCUT2D eigenvalue weighted by Gasteiger charge is -2.23. The molecule has 4 aromatic rings. The van der Waals surface area contributed by atoms with Crippen molar-refractivity contribution in [2.45, 2.75) is 24.9 Å². The van der Waals surface area contributed by atoms with Gasteiger partial charge in [-0.3, -0.25) is 4.79 Å². The van der Waals surface area contributed by atoms with Gasteiger partial charge in [-0.2, -0.15) is 4.31 Å². The lowest BCUT2D eigenvalue weighted by Crippen LogP contribution is -2.30. The van der Waals surface area contributed by atoms with Crippen molar-refractivity contribution in [3.05, 3.63) is 137 Å². The molecular weight excluding hydrogens is 449 g/mol. The van der Waals surface area contributed by atoms with E-state index < -0.39 is 15.8 Å². The number of hydrogen-bond acceptors (Lipinski definition) is 3.